The molecule has 0 radical (unpaired) electrons. The summed E-state index contributed by atoms with van der Waals surface area (Å²) in [7, 11) is 0. The van der Waals surface area contributed by atoms with E-state index in [1.165, 1.54) is 42.5 Å². The molecule has 1 fully saturated rings. The molecule has 2 aromatic carbocycles. The molecule has 4 rings (SSSR count). The van der Waals surface area contributed by atoms with Crippen molar-refractivity contribution in [3.05, 3.63) is 65.2 Å². The first-order chi connectivity index (χ1) is 10.8. The number of nitrogens with zero attached hydrogens (tertiary/aromatic N) is 1. The van der Waals surface area contributed by atoms with Crippen molar-refractivity contribution >= 4 is 0 Å². The maximum atomic E-state index is 9.79. The Kier molecular flexibility index (Phi) is 3.63. The van der Waals surface area contributed by atoms with E-state index in [4.69, 9.17) is 0 Å². The van der Waals surface area contributed by atoms with Gasteiger partial charge in [-0.15, -0.1) is 0 Å². The monoisotopic (exact) mass is 293 g/mol. The molecule has 0 amide bonds. The van der Waals surface area contributed by atoms with Crippen LogP contribution >= 0.6 is 0 Å². The van der Waals surface area contributed by atoms with E-state index in [2.05, 4.69) is 41.3 Å². The van der Waals surface area contributed by atoms with E-state index in [-0.39, 0.29) is 0 Å². The van der Waals surface area contributed by atoms with E-state index in [1.807, 2.05) is 12.1 Å². The number of benzene rings is 2. The molecule has 2 aliphatic rings. The number of hydrogen-bond donors (Lipinski definition) is 1. The van der Waals surface area contributed by atoms with Gasteiger partial charge in [0.2, 0.25) is 0 Å². The summed E-state index contributed by atoms with van der Waals surface area (Å²) in [5.74, 6) is 1.06. The minimum Gasteiger partial charge on any atom is -0.508 e. The molecule has 1 aliphatic heterocycles. The number of phenolic OH excluding ortho intramolecular Hbond substituents is 1. The molecule has 2 atom stereocenters. The summed E-state index contributed by atoms with van der Waals surface area (Å²) in [5.41, 5.74) is 4.28. The number of likely N-dealkylation sites (tertiary alicyclic amines) is 1. The largest absolute Gasteiger partial charge is 0.508 e. The second kappa shape index (κ2) is 5.77. The highest BCUT2D eigenvalue weighted by atomic mass is 16.3. The van der Waals surface area contributed by atoms with E-state index in [0.29, 0.717) is 17.7 Å². The molecule has 1 heterocycles. The van der Waals surface area contributed by atoms with Crippen molar-refractivity contribution in [2.75, 3.05) is 13.1 Å². The summed E-state index contributed by atoms with van der Waals surface area (Å²) in [5, 5.41) is 9.79. The SMILES string of the molecule is Oc1ccc2c(c1)[C@H]1CCCN(CCc3ccccc3)[C@@H]2C1. The van der Waals surface area contributed by atoms with Gasteiger partial charge < -0.3 is 5.11 Å². The van der Waals surface area contributed by atoms with E-state index >= 15 is 0 Å². The number of fused-ring (bicyclic) bond motifs is 5. The first kappa shape index (κ1) is 13.8. The normalized spacial score (nSPS) is 24.0. The minimum atomic E-state index is 0.417. The van der Waals surface area contributed by atoms with Gasteiger partial charge in [-0.05, 0) is 67.0 Å². The standard InChI is InChI=1S/C20H23NO/c22-17-8-9-18-19(14-17)16-7-4-11-21(20(18)13-16)12-10-15-5-2-1-3-6-15/h1-3,5-6,8-9,14,16,20,22H,4,7,10-13H2/t16-,20+/m0/s1. The lowest BCUT2D eigenvalue weighted by Gasteiger charge is -2.29. The Morgan fingerprint density at radius 2 is 1.91 bits per heavy atom. The zero-order valence-electron chi connectivity index (χ0n) is 12.9. The van der Waals surface area contributed by atoms with Crippen molar-refractivity contribution in [1.29, 1.82) is 0 Å². The van der Waals surface area contributed by atoms with Crippen molar-refractivity contribution < 1.29 is 5.11 Å². The Hall–Kier alpha value is -1.80. The highest BCUT2D eigenvalue weighted by Gasteiger charge is 2.36. The van der Waals surface area contributed by atoms with Gasteiger partial charge in [-0.2, -0.15) is 0 Å². The van der Waals surface area contributed by atoms with E-state index in [1.54, 1.807) is 0 Å². The third-order valence-corrected chi connectivity index (χ3v) is 5.35. The van der Waals surface area contributed by atoms with Gasteiger partial charge in [0.05, 0.1) is 0 Å². The van der Waals surface area contributed by atoms with Gasteiger partial charge in [-0.25, -0.2) is 0 Å². The van der Waals surface area contributed by atoms with E-state index in [9.17, 15) is 5.11 Å². The van der Waals surface area contributed by atoms with E-state index < -0.39 is 0 Å². The molecule has 1 N–H and O–H groups in total. The van der Waals surface area contributed by atoms with Gasteiger partial charge in [0, 0.05) is 12.6 Å². The van der Waals surface area contributed by atoms with Crippen LogP contribution in [0.3, 0.4) is 0 Å². The molecular formula is C20H23NO. The molecule has 2 nitrogen and oxygen atoms in total. The van der Waals surface area contributed by atoms with Gasteiger partial charge in [0.1, 0.15) is 5.75 Å². The van der Waals surface area contributed by atoms with Crippen molar-refractivity contribution in [3.63, 3.8) is 0 Å². The van der Waals surface area contributed by atoms with Crippen LogP contribution in [0.2, 0.25) is 0 Å². The zero-order valence-corrected chi connectivity index (χ0v) is 12.9. The summed E-state index contributed by atoms with van der Waals surface area (Å²) in [4.78, 5) is 2.66. The summed E-state index contributed by atoms with van der Waals surface area (Å²) in [6.45, 7) is 2.33. The fourth-order valence-electron chi connectivity index (χ4n) is 4.24. The van der Waals surface area contributed by atoms with Crippen molar-refractivity contribution in [1.82, 2.24) is 4.90 Å². The number of rotatable bonds is 3. The lowest BCUT2D eigenvalue weighted by atomic mass is 9.96. The van der Waals surface area contributed by atoms with Crippen LogP contribution in [0, 0.1) is 0 Å². The molecule has 114 valence electrons. The fourth-order valence-corrected chi connectivity index (χ4v) is 4.24. The Balaban J connectivity index is 1.55. The molecule has 1 aliphatic carbocycles. The number of phenols is 1. The average Bonchev–Trinajstić information content (AvgIpc) is 2.75. The van der Waals surface area contributed by atoms with Crippen LogP contribution in [-0.4, -0.2) is 23.1 Å². The van der Waals surface area contributed by atoms with Crippen LogP contribution in [0.4, 0.5) is 0 Å². The molecule has 0 spiro atoms. The van der Waals surface area contributed by atoms with Gasteiger partial charge in [-0.1, -0.05) is 36.4 Å². The van der Waals surface area contributed by atoms with Crippen LogP contribution in [-0.2, 0) is 6.42 Å². The quantitative estimate of drug-likeness (QED) is 0.914. The first-order valence-corrected chi connectivity index (χ1v) is 8.42. The van der Waals surface area contributed by atoms with Crippen LogP contribution in [0.25, 0.3) is 0 Å². The average molecular weight is 293 g/mol. The summed E-state index contributed by atoms with van der Waals surface area (Å²) in [6.07, 6.45) is 4.88. The van der Waals surface area contributed by atoms with Gasteiger partial charge in [0.25, 0.3) is 0 Å². The lowest BCUT2D eigenvalue weighted by molar-refractivity contribution is 0.209. The first-order valence-electron chi connectivity index (χ1n) is 8.42. The molecule has 2 aromatic rings. The topological polar surface area (TPSA) is 23.5 Å². The maximum absolute atomic E-state index is 9.79. The smallest absolute Gasteiger partial charge is 0.115 e. The van der Waals surface area contributed by atoms with Gasteiger partial charge in [0.15, 0.2) is 0 Å². The molecule has 0 aromatic heterocycles. The van der Waals surface area contributed by atoms with Crippen LogP contribution in [0.15, 0.2) is 48.5 Å². The van der Waals surface area contributed by atoms with Gasteiger partial charge in [-0.3, -0.25) is 4.90 Å². The van der Waals surface area contributed by atoms with E-state index in [0.717, 1.165) is 13.0 Å². The third kappa shape index (κ3) is 2.52. The number of aromatic hydroxyl groups is 1. The van der Waals surface area contributed by atoms with Crippen LogP contribution in [0.1, 0.15) is 47.9 Å². The summed E-state index contributed by atoms with van der Waals surface area (Å²) < 4.78 is 0. The predicted octanol–water partition coefficient (Wildman–Crippen LogP) is 4.26. The highest BCUT2D eigenvalue weighted by Crippen LogP contribution is 2.48. The molecule has 2 heteroatoms. The van der Waals surface area contributed by atoms with Crippen LogP contribution < -0.4 is 0 Å². The molecule has 22 heavy (non-hydrogen) atoms. The maximum Gasteiger partial charge on any atom is 0.115 e. The minimum absolute atomic E-state index is 0.417. The molecular weight excluding hydrogens is 270 g/mol. The zero-order chi connectivity index (χ0) is 14.9. The van der Waals surface area contributed by atoms with Crippen molar-refractivity contribution in [3.8, 4) is 5.75 Å². The second-order valence-corrected chi connectivity index (χ2v) is 6.68. The molecule has 2 bridgehead atoms. The summed E-state index contributed by atoms with van der Waals surface area (Å²) >= 11 is 0. The Morgan fingerprint density at radius 1 is 1.05 bits per heavy atom. The predicted molar refractivity (Wildman–Crippen MR) is 89.2 cm³/mol. The van der Waals surface area contributed by atoms with Crippen molar-refractivity contribution in [2.45, 2.75) is 37.6 Å². The molecule has 1 saturated heterocycles. The second-order valence-electron chi connectivity index (χ2n) is 6.68. The van der Waals surface area contributed by atoms with Crippen LogP contribution in [0.5, 0.6) is 5.75 Å². The highest BCUT2D eigenvalue weighted by molar-refractivity contribution is 5.43. The molecule has 0 unspecified atom stereocenters. The Labute approximate surface area is 132 Å². The van der Waals surface area contributed by atoms with Crippen molar-refractivity contribution in [2.24, 2.45) is 0 Å². The van der Waals surface area contributed by atoms with Gasteiger partial charge >= 0.3 is 0 Å². The fraction of sp³-hybridized carbons (Fsp3) is 0.400. The Bertz CT molecular complexity index is 652. The lowest BCUT2D eigenvalue weighted by Crippen LogP contribution is -2.30. The molecule has 0 saturated carbocycles. The Morgan fingerprint density at radius 3 is 2.77 bits per heavy atom. The third-order valence-electron chi connectivity index (χ3n) is 5.35. The summed E-state index contributed by atoms with van der Waals surface area (Å²) in [6, 6.07) is 17.3. The number of hydrogen-bond acceptors (Lipinski definition) is 2.